The lowest BCUT2D eigenvalue weighted by molar-refractivity contribution is 0.320. The maximum absolute atomic E-state index is 10.4. The first kappa shape index (κ1) is 125. The van der Waals surface area contributed by atoms with Gasteiger partial charge in [0.1, 0.15) is 0 Å². The van der Waals surface area contributed by atoms with Crippen molar-refractivity contribution in [1.29, 1.82) is 0 Å². The Morgan fingerprint density at radius 3 is 0.202 bits per heavy atom. The Labute approximate surface area is 687 Å². The molecule has 12 rings (SSSR count). The Balaban J connectivity index is -0.000000271. The second kappa shape index (κ2) is 81.4. The normalized spacial score (nSPS) is 20.5. The largest absolute Gasteiger partial charge is 0.507 e. The van der Waals surface area contributed by atoms with Gasteiger partial charge < -0.3 is 58.8 Å². The van der Waals surface area contributed by atoms with Gasteiger partial charge in [-0.2, -0.15) is 0 Å². The standard InChI is InChI=1S/12C6H13N.6FH2O3P/c12*1-2-7-5-3-4-6-7;6*1-5(2,3)4/h12*2-6H2,1H3;6*(H2,2,3,4). The van der Waals surface area contributed by atoms with E-state index in [1.54, 1.807) is 0 Å². The van der Waals surface area contributed by atoms with Crippen molar-refractivity contribution in [3.63, 3.8) is 0 Å². The number of halogens is 6. The van der Waals surface area contributed by atoms with E-state index in [4.69, 9.17) is 86.1 Å². The fraction of sp³-hybridized carbons (Fsp3) is 1.00. The van der Waals surface area contributed by atoms with E-state index >= 15 is 0 Å². The summed E-state index contributed by atoms with van der Waals surface area (Å²) in [5, 5.41) is 0. The van der Waals surface area contributed by atoms with E-state index in [1.165, 1.54) is 390 Å². The van der Waals surface area contributed by atoms with Crippen LogP contribution in [-0.4, -0.2) is 353 Å². The van der Waals surface area contributed by atoms with E-state index in [9.17, 15) is 25.2 Å². The average molecular weight is 1790 g/mol. The lowest BCUT2D eigenvalue weighted by atomic mass is 10.4. The molecular formula is C72H168F6N12O18P6. The van der Waals surface area contributed by atoms with Crippen molar-refractivity contribution in [2.75, 3.05) is 236 Å². The van der Waals surface area contributed by atoms with Crippen LogP contribution in [0.4, 0.5) is 25.2 Å². The summed E-state index contributed by atoms with van der Waals surface area (Å²) in [6, 6.07) is 0. The van der Waals surface area contributed by atoms with E-state index in [2.05, 4.69) is 142 Å². The molecule has 0 aliphatic carbocycles. The molecule has 0 aromatic carbocycles. The Morgan fingerprint density at radius 1 is 0.149 bits per heavy atom. The summed E-state index contributed by atoms with van der Waals surface area (Å²) in [4.78, 5) is 113. The van der Waals surface area contributed by atoms with E-state index in [-0.39, 0.29) is 0 Å². The van der Waals surface area contributed by atoms with Crippen molar-refractivity contribution in [2.45, 2.75) is 237 Å². The fourth-order valence-corrected chi connectivity index (χ4v) is 13.2. The van der Waals surface area contributed by atoms with Gasteiger partial charge >= 0.3 is 47.4 Å². The third-order valence-corrected chi connectivity index (χ3v) is 19.8. The van der Waals surface area contributed by atoms with Crippen LogP contribution in [0.3, 0.4) is 0 Å². The van der Waals surface area contributed by atoms with Crippen molar-refractivity contribution >= 4 is 47.4 Å². The van der Waals surface area contributed by atoms with Crippen LogP contribution in [0.25, 0.3) is 0 Å². The zero-order valence-corrected chi connectivity index (χ0v) is 77.9. The average Bonchev–Trinajstić information content (AvgIpc) is 1.92. The summed E-state index contributed by atoms with van der Waals surface area (Å²) in [5.41, 5.74) is 0. The summed E-state index contributed by atoms with van der Waals surface area (Å²) < 4.78 is 114. The van der Waals surface area contributed by atoms with Gasteiger partial charge in [0.2, 0.25) is 0 Å². The molecule has 0 atom stereocenters. The second-order valence-corrected chi connectivity index (χ2v) is 34.2. The number of rotatable bonds is 12. The summed E-state index contributed by atoms with van der Waals surface area (Å²) in [6.45, 7) is 74.0. The third kappa shape index (κ3) is 118. The Hall–Kier alpha value is -0.0000000000000000555. The highest BCUT2D eigenvalue weighted by atomic mass is 31.2. The zero-order valence-electron chi connectivity index (χ0n) is 72.6. The smallest absolute Gasteiger partial charge is 0.304 e. The quantitative estimate of drug-likeness (QED) is 0.0638. The van der Waals surface area contributed by atoms with Crippen LogP contribution in [-0.2, 0) is 27.4 Å². The van der Waals surface area contributed by atoms with Crippen molar-refractivity contribution in [2.24, 2.45) is 0 Å². The number of hydrogen-bond acceptors (Lipinski definition) is 18. The third-order valence-electron chi connectivity index (χ3n) is 19.8. The SMILES string of the molecule is CCN1CCCC1.CCN1CCCC1.CCN1CCCC1.CCN1CCCC1.CCN1CCCC1.CCN1CCCC1.CCN1CCCC1.CCN1CCCC1.CCN1CCCC1.CCN1CCCC1.CCN1CCCC1.CCN1CCCC1.O=P(O)(O)F.O=P(O)(O)F.O=P(O)(O)F.O=P(O)(O)F.O=P(O)(O)F.O=P(O)(O)F. The molecule has 696 valence electrons. The van der Waals surface area contributed by atoms with Crippen molar-refractivity contribution in [1.82, 2.24) is 58.8 Å². The summed E-state index contributed by atoms with van der Waals surface area (Å²) >= 11 is 0. The lowest BCUT2D eigenvalue weighted by Crippen LogP contribution is -2.17. The van der Waals surface area contributed by atoms with Crippen molar-refractivity contribution in [3.05, 3.63) is 0 Å². The molecular weight excluding hydrogens is 1620 g/mol. The van der Waals surface area contributed by atoms with Gasteiger partial charge in [-0.15, -0.1) is 25.2 Å². The molecule has 12 N–H and O–H groups in total. The maximum atomic E-state index is 10.4. The van der Waals surface area contributed by atoms with Gasteiger partial charge in [0, 0.05) is 0 Å². The molecule has 12 aliphatic heterocycles. The van der Waals surface area contributed by atoms with Crippen LogP contribution in [0.15, 0.2) is 0 Å². The first-order valence-corrected chi connectivity index (χ1v) is 51.4. The van der Waals surface area contributed by atoms with Gasteiger partial charge in [0.15, 0.2) is 0 Å². The van der Waals surface area contributed by atoms with Crippen LogP contribution >= 0.6 is 47.4 Å². The molecule has 12 fully saturated rings. The highest BCUT2D eigenvalue weighted by Gasteiger charge is 2.16. The predicted octanol–water partition coefficient (Wildman–Crippen LogP) is 13.5. The molecule has 0 aromatic heterocycles. The topological polar surface area (TPSA) is 384 Å². The van der Waals surface area contributed by atoms with Crippen molar-refractivity contribution in [3.8, 4) is 0 Å². The minimum atomic E-state index is -5.14. The van der Waals surface area contributed by atoms with Crippen LogP contribution in [0.1, 0.15) is 237 Å². The predicted molar refractivity (Wildman–Crippen MR) is 455 cm³/mol. The molecule has 0 radical (unpaired) electrons. The van der Waals surface area contributed by atoms with E-state index in [1.807, 2.05) is 0 Å². The molecule has 42 heteroatoms. The first-order valence-electron chi connectivity index (χ1n) is 42.4. The molecule has 12 saturated heterocycles. The van der Waals surface area contributed by atoms with Gasteiger partial charge in [0.05, 0.1) is 0 Å². The minimum Gasteiger partial charge on any atom is -0.304 e. The highest BCUT2D eigenvalue weighted by molar-refractivity contribution is 7.47. The van der Waals surface area contributed by atoms with Gasteiger partial charge in [-0.1, -0.05) is 83.1 Å². The summed E-state index contributed by atoms with van der Waals surface area (Å²) in [6.07, 6.45) is 34.2. The molecule has 0 bridgehead atoms. The van der Waals surface area contributed by atoms with Crippen LogP contribution in [0.2, 0.25) is 0 Å². The molecule has 0 unspecified atom stereocenters. The number of likely N-dealkylation sites (tertiary alicyclic amines) is 12. The Kier molecular flexibility index (Phi) is 89.1. The van der Waals surface area contributed by atoms with Gasteiger partial charge in [-0.25, -0.2) is 27.4 Å². The maximum Gasteiger partial charge on any atom is 0.507 e. The zero-order chi connectivity index (χ0) is 88.4. The highest BCUT2D eigenvalue weighted by Crippen LogP contribution is 2.37. The first-order chi connectivity index (χ1) is 53.2. The lowest BCUT2D eigenvalue weighted by Gasteiger charge is -2.08. The molecule has 0 spiro atoms. The van der Waals surface area contributed by atoms with E-state index in [0.717, 1.165) is 0 Å². The van der Waals surface area contributed by atoms with E-state index < -0.39 is 47.4 Å². The van der Waals surface area contributed by atoms with Crippen molar-refractivity contribution < 1.29 is 111 Å². The summed E-state index contributed by atoms with van der Waals surface area (Å²) in [5.74, 6) is 0. The molecule has 12 heterocycles. The molecule has 0 aromatic rings. The molecule has 12 aliphatic rings. The van der Waals surface area contributed by atoms with Crippen LogP contribution in [0, 0.1) is 0 Å². The Bertz CT molecular complexity index is 1770. The minimum absolute atomic E-state index is 1.25. The molecule has 0 amide bonds. The van der Waals surface area contributed by atoms with Crippen LogP contribution < -0.4 is 0 Å². The number of hydrogen-bond donors (Lipinski definition) is 12. The molecule has 30 nitrogen and oxygen atoms in total. The summed E-state index contributed by atoms with van der Waals surface area (Å²) in [7, 11) is -30.8. The molecule has 0 saturated carbocycles. The monoisotopic (exact) mass is 1790 g/mol. The number of nitrogens with zero attached hydrogens (tertiary/aromatic N) is 12. The van der Waals surface area contributed by atoms with Crippen LogP contribution in [0.5, 0.6) is 0 Å². The van der Waals surface area contributed by atoms with Gasteiger partial charge in [0.25, 0.3) is 0 Å². The van der Waals surface area contributed by atoms with Gasteiger partial charge in [-0.3, -0.25) is 58.7 Å². The molecule has 114 heavy (non-hydrogen) atoms. The second-order valence-electron chi connectivity index (χ2n) is 28.5. The Morgan fingerprint density at radius 2 is 0.184 bits per heavy atom. The van der Waals surface area contributed by atoms with E-state index in [0.29, 0.717) is 0 Å². The fourth-order valence-electron chi connectivity index (χ4n) is 13.2. The van der Waals surface area contributed by atoms with Gasteiger partial charge in [-0.05, 0) is 390 Å².